The van der Waals surface area contributed by atoms with Crippen LogP contribution in [0.5, 0.6) is 0 Å². The number of pyridine rings is 1. The molecule has 0 radical (unpaired) electrons. The van der Waals surface area contributed by atoms with E-state index in [2.05, 4.69) is 27.0 Å². The Morgan fingerprint density at radius 3 is 2.66 bits per heavy atom. The number of benzene rings is 2. The number of nitrogens with one attached hydrogen (secondary N) is 2. The Kier molecular flexibility index (Phi) is 8.07. The number of amides is 1. The van der Waals surface area contributed by atoms with Gasteiger partial charge in [0.05, 0.1) is 0 Å². The number of nitrogens with zero attached hydrogens (tertiary/aromatic N) is 1. The van der Waals surface area contributed by atoms with E-state index in [1.165, 1.54) is 11.8 Å². The summed E-state index contributed by atoms with van der Waals surface area (Å²) in [5.41, 5.74) is 2.10. The number of hydrogen-bond acceptors (Lipinski definition) is 4. The van der Waals surface area contributed by atoms with Gasteiger partial charge in [-0.25, -0.2) is 0 Å². The molecule has 1 unspecified atom stereocenters. The number of fused-ring (bicyclic) bond motifs is 1. The lowest BCUT2D eigenvalue weighted by Crippen LogP contribution is -2.36. The van der Waals surface area contributed by atoms with Crippen LogP contribution in [-0.2, 0) is 6.42 Å². The lowest BCUT2D eigenvalue weighted by molar-refractivity contribution is 0.0948. The van der Waals surface area contributed by atoms with Gasteiger partial charge in [0.15, 0.2) is 0 Å². The van der Waals surface area contributed by atoms with Gasteiger partial charge in [0, 0.05) is 40.3 Å². The molecule has 0 aliphatic rings. The Morgan fingerprint density at radius 1 is 1.22 bits per heavy atom. The van der Waals surface area contributed by atoms with Crippen LogP contribution in [0, 0.1) is 11.8 Å². The fourth-order valence-corrected chi connectivity index (χ4v) is 3.62. The minimum absolute atomic E-state index is 0.0591. The van der Waals surface area contributed by atoms with Crippen LogP contribution < -0.4 is 10.7 Å². The summed E-state index contributed by atoms with van der Waals surface area (Å²) in [4.78, 5) is 30.7. The third-order valence-corrected chi connectivity index (χ3v) is 5.57. The largest absolute Gasteiger partial charge is 0.384 e. The maximum atomic E-state index is 12.9. The minimum atomic E-state index is -0.413. The highest BCUT2D eigenvalue weighted by Gasteiger charge is 2.16. The summed E-state index contributed by atoms with van der Waals surface area (Å²) in [5.74, 6) is 4.92. The summed E-state index contributed by atoms with van der Waals surface area (Å²) in [6.07, 6.45) is 3.00. The number of aliphatic hydroxyl groups is 1. The summed E-state index contributed by atoms with van der Waals surface area (Å²) in [6, 6.07) is 13.1. The zero-order valence-corrected chi connectivity index (χ0v) is 18.9. The molecule has 1 aromatic heterocycles. The van der Waals surface area contributed by atoms with Gasteiger partial charge in [-0.1, -0.05) is 35.6 Å². The Balaban J connectivity index is 1.68. The summed E-state index contributed by atoms with van der Waals surface area (Å²) < 4.78 is 0. The van der Waals surface area contributed by atoms with Gasteiger partial charge >= 0.3 is 0 Å². The fourth-order valence-electron chi connectivity index (χ4n) is 3.49. The van der Waals surface area contributed by atoms with Crippen LogP contribution in [0.15, 0.2) is 53.5 Å². The lowest BCUT2D eigenvalue weighted by Gasteiger charge is -2.24. The van der Waals surface area contributed by atoms with E-state index in [1.54, 1.807) is 18.2 Å². The monoisotopic (exact) mass is 451 g/mol. The number of aromatic nitrogens is 1. The van der Waals surface area contributed by atoms with E-state index < -0.39 is 5.91 Å². The van der Waals surface area contributed by atoms with E-state index in [0.29, 0.717) is 28.0 Å². The number of aromatic amines is 1. The molecule has 6 nitrogen and oxygen atoms in total. The van der Waals surface area contributed by atoms with Crippen LogP contribution in [0.1, 0.15) is 27.9 Å². The standard InChI is InChI=1S/C25H26ClN3O3/c1-29(2)20(14-18-5-8-19(26)9-6-18)11-12-27-25(32)22-16-28-23-10-7-17(4-3-13-30)15-21(23)24(22)31/h5-10,15-16,20,30H,11-14H2,1-2H3,(H,27,32)(H,28,31). The van der Waals surface area contributed by atoms with E-state index in [4.69, 9.17) is 16.7 Å². The molecule has 3 aromatic rings. The molecule has 1 atom stereocenters. The number of rotatable bonds is 7. The van der Waals surface area contributed by atoms with Crippen LogP contribution in [0.3, 0.4) is 0 Å². The van der Waals surface area contributed by atoms with Gasteiger partial charge in [-0.3, -0.25) is 9.59 Å². The van der Waals surface area contributed by atoms with E-state index in [9.17, 15) is 9.59 Å². The highest BCUT2D eigenvalue weighted by atomic mass is 35.5. The number of aliphatic hydroxyl groups excluding tert-OH is 1. The first kappa shape index (κ1) is 23.6. The van der Waals surface area contributed by atoms with Crippen molar-refractivity contribution in [3.8, 4) is 11.8 Å². The minimum Gasteiger partial charge on any atom is -0.384 e. The van der Waals surface area contributed by atoms with Crippen molar-refractivity contribution in [2.45, 2.75) is 18.9 Å². The van der Waals surface area contributed by atoms with Crippen molar-refractivity contribution in [3.63, 3.8) is 0 Å². The molecule has 3 N–H and O–H groups in total. The molecule has 32 heavy (non-hydrogen) atoms. The Bertz CT molecular complexity index is 1210. The molecule has 0 bridgehead atoms. The van der Waals surface area contributed by atoms with Gasteiger partial charge in [0.2, 0.25) is 5.43 Å². The van der Waals surface area contributed by atoms with E-state index in [-0.39, 0.29) is 23.6 Å². The summed E-state index contributed by atoms with van der Waals surface area (Å²) in [7, 11) is 4.02. The number of carbonyl (C=O) groups is 1. The summed E-state index contributed by atoms with van der Waals surface area (Å²) in [6.45, 7) is 0.178. The molecule has 0 saturated heterocycles. The van der Waals surface area contributed by atoms with Crippen molar-refractivity contribution in [1.29, 1.82) is 0 Å². The second-order valence-electron chi connectivity index (χ2n) is 7.74. The van der Waals surface area contributed by atoms with Crippen molar-refractivity contribution in [1.82, 2.24) is 15.2 Å². The van der Waals surface area contributed by atoms with Crippen molar-refractivity contribution in [2.24, 2.45) is 0 Å². The zero-order valence-electron chi connectivity index (χ0n) is 18.1. The smallest absolute Gasteiger partial charge is 0.256 e. The molecule has 2 aromatic carbocycles. The van der Waals surface area contributed by atoms with E-state index in [0.717, 1.165) is 12.8 Å². The molecule has 0 saturated carbocycles. The lowest BCUT2D eigenvalue weighted by atomic mass is 10.0. The first-order valence-corrected chi connectivity index (χ1v) is 10.7. The van der Waals surface area contributed by atoms with Gasteiger partial charge < -0.3 is 20.3 Å². The van der Waals surface area contributed by atoms with Crippen LogP contribution >= 0.6 is 11.6 Å². The molecule has 0 aliphatic heterocycles. The number of halogens is 1. The van der Waals surface area contributed by atoms with Gasteiger partial charge in [-0.2, -0.15) is 0 Å². The first-order chi connectivity index (χ1) is 15.4. The maximum Gasteiger partial charge on any atom is 0.256 e. The predicted molar refractivity (Wildman–Crippen MR) is 128 cm³/mol. The summed E-state index contributed by atoms with van der Waals surface area (Å²) in [5, 5.41) is 12.8. The third kappa shape index (κ3) is 5.98. The zero-order chi connectivity index (χ0) is 23.1. The summed E-state index contributed by atoms with van der Waals surface area (Å²) >= 11 is 5.96. The van der Waals surface area contributed by atoms with Crippen LogP contribution in [0.4, 0.5) is 0 Å². The Labute approximate surface area is 192 Å². The van der Waals surface area contributed by atoms with Gasteiger partial charge in [0.25, 0.3) is 5.91 Å². The molecule has 0 fully saturated rings. The van der Waals surface area contributed by atoms with Crippen LogP contribution in [0.2, 0.25) is 5.02 Å². The normalized spacial score (nSPS) is 11.8. The highest BCUT2D eigenvalue weighted by molar-refractivity contribution is 6.30. The first-order valence-electron chi connectivity index (χ1n) is 10.3. The number of H-pyrrole nitrogens is 1. The molecular formula is C25H26ClN3O3. The molecule has 7 heteroatoms. The van der Waals surface area contributed by atoms with E-state index >= 15 is 0 Å². The molecule has 0 spiro atoms. The topological polar surface area (TPSA) is 85.4 Å². The number of likely N-dealkylation sites (N-methyl/N-ethyl adjacent to an activating group) is 1. The van der Waals surface area contributed by atoms with Crippen molar-refractivity contribution in [2.75, 3.05) is 27.2 Å². The van der Waals surface area contributed by atoms with E-state index in [1.807, 2.05) is 38.4 Å². The second-order valence-corrected chi connectivity index (χ2v) is 8.18. The highest BCUT2D eigenvalue weighted by Crippen LogP contribution is 2.14. The number of hydrogen-bond donors (Lipinski definition) is 3. The van der Waals surface area contributed by atoms with Gasteiger partial charge in [-0.05, 0) is 62.8 Å². The quantitative estimate of drug-likeness (QED) is 0.482. The number of carbonyl (C=O) groups excluding carboxylic acids is 1. The fraction of sp³-hybridized carbons (Fsp3) is 0.280. The average Bonchev–Trinajstić information content (AvgIpc) is 2.78. The predicted octanol–water partition coefficient (Wildman–Crippen LogP) is 2.82. The molecule has 1 amide bonds. The van der Waals surface area contributed by atoms with Crippen molar-refractivity contribution < 1.29 is 9.90 Å². The van der Waals surface area contributed by atoms with Crippen molar-refractivity contribution >= 4 is 28.4 Å². The molecule has 0 aliphatic carbocycles. The molecule has 3 rings (SSSR count). The SMILES string of the molecule is CN(C)C(CCNC(=O)c1c[nH]c2ccc(C#CCO)cc2c1=O)Cc1ccc(Cl)cc1. The third-order valence-electron chi connectivity index (χ3n) is 5.32. The average molecular weight is 452 g/mol. The van der Waals surface area contributed by atoms with Crippen molar-refractivity contribution in [3.05, 3.63) is 80.6 Å². The maximum absolute atomic E-state index is 12.9. The van der Waals surface area contributed by atoms with Gasteiger partial charge in [-0.15, -0.1) is 0 Å². The molecule has 1 heterocycles. The Hall–Kier alpha value is -3.11. The van der Waals surface area contributed by atoms with Crippen LogP contribution in [-0.4, -0.2) is 54.2 Å². The van der Waals surface area contributed by atoms with Gasteiger partial charge in [0.1, 0.15) is 12.2 Å². The Morgan fingerprint density at radius 2 is 1.97 bits per heavy atom. The molecular weight excluding hydrogens is 426 g/mol. The second kappa shape index (κ2) is 11.0. The molecule has 166 valence electrons. The van der Waals surface area contributed by atoms with Crippen LogP contribution in [0.25, 0.3) is 10.9 Å².